The van der Waals surface area contributed by atoms with Crippen LogP contribution in [-0.2, 0) is 7.05 Å². The van der Waals surface area contributed by atoms with E-state index in [0.29, 0.717) is 0 Å². The van der Waals surface area contributed by atoms with E-state index in [9.17, 15) is 0 Å². The molecule has 0 bridgehead atoms. The molecule has 2 aromatic rings. The third-order valence-corrected chi connectivity index (χ3v) is 3.14. The molecule has 1 atom stereocenters. The van der Waals surface area contributed by atoms with Crippen molar-refractivity contribution >= 4 is 0 Å². The molecule has 0 saturated carbocycles. The third kappa shape index (κ3) is 2.23. The van der Waals surface area contributed by atoms with Gasteiger partial charge >= 0.3 is 0 Å². The van der Waals surface area contributed by atoms with Gasteiger partial charge in [0.15, 0.2) is 0 Å². The highest BCUT2D eigenvalue weighted by Crippen LogP contribution is 2.24. The minimum absolute atomic E-state index is 0.0592. The molecular formula is C13H18N4. The van der Waals surface area contributed by atoms with Gasteiger partial charge in [0.25, 0.3) is 0 Å². The van der Waals surface area contributed by atoms with E-state index in [-0.39, 0.29) is 6.04 Å². The molecule has 1 unspecified atom stereocenters. The van der Waals surface area contributed by atoms with E-state index in [0.717, 1.165) is 5.69 Å². The molecule has 4 heteroatoms. The molecule has 2 rings (SSSR count). The topological polar surface area (TPSA) is 55.9 Å². The number of rotatable bonds is 3. The van der Waals surface area contributed by atoms with E-state index < -0.39 is 0 Å². The Kier molecular flexibility index (Phi) is 3.26. The third-order valence-electron chi connectivity index (χ3n) is 3.14. The Labute approximate surface area is 101 Å². The van der Waals surface area contributed by atoms with E-state index in [2.05, 4.69) is 36.4 Å². The summed E-state index contributed by atoms with van der Waals surface area (Å²) < 4.78 is 1.92. The fraction of sp³-hybridized carbons (Fsp3) is 0.308. The SMILES string of the molecule is Cc1cccc(C(NN)c2cn(C)cn2)c1C. The summed E-state index contributed by atoms with van der Waals surface area (Å²) in [4.78, 5) is 4.35. The zero-order valence-electron chi connectivity index (χ0n) is 10.4. The van der Waals surface area contributed by atoms with Crippen molar-refractivity contribution in [2.45, 2.75) is 19.9 Å². The fourth-order valence-electron chi connectivity index (χ4n) is 2.00. The van der Waals surface area contributed by atoms with Gasteiger partial charge < -0.3 is 4.57 Å². The number of aryl methyl sites for hydroxylation is 2. The minimum atomic E-state index is -0.0592. The first-order valence-corrected chi connectivity index (χ1v) is 5.63. The van der Waals surface area contributed by atoms with Crippen LogP contribution in [0.15, 0.2) is 30.7 Å². The lowest BCUT2D eigenvalue weighted by molar-refractivity contribution is 0.619. The largest absolute Gasteiger partial charge is 0.340 e. The molecule has 0 spiro atoms. The molecular weight excluding hydrogens is 212 g/mol. The molecule has 1 heterocycles. The highest BCUT2D eigenvalue weighted by molar-refractivity contribution is 5.38. The van der Waals surface area contributed by atoms with Crippen LogP contribution in [-0.4, -0.2) is 9.55 Å². The number of nitrogens with two attached hydrogens (primary N) is 1. The monoisotopic (exact) mass is 230 g/mol. The van der Waals surface area contributed by atoms with Gasteiger partial charge in [0.2, 0.25) is 0 Å². The number of hydrogen-bond acceptors (Lipinski definition) is 3. The second-order valence-corrected chi connectivity index (χ2v) is 4.35. The molecule has 17 heavy (non-hydrogen) atoms. The Hall–Kier alpha value is -1.65. The predicted molar refractivity (Wildman–Crippen MR) is 68.3 cm³/mol. The van der Waals surface area contributed by atoms with E-state index in [4.69, 9.17) is 5.84 Å². The van der Waals surface area contributed by atoms with Crippen LogP contribution in [0.1, 0.15) is 28.4 Å². The molecule has 1 aromatic heterocycles. The van der Waals surface area contributed by atoms with Crippen molar-refractivity contribution in [3.05, 3.63) is 53.1 Å². The van der Waals surface area contributed by atoms with Crippen molar-refractivity contribution < 1.29 is 0 Å². The predicted octanol–water partition coefficient (Wildman–Crippen LogP) is 1.59. The summed E-state index contributed by atoms with van der Waals surface area (Å²) in [5.41, 5.74) is 7.46. The van der Waals surface area contributed by atoms with Crippen molar-refractivity contribution in [1.82, 2.24) is 15.0 Å². The maximum absolute atomic E-state index is 5.67. The zero-order valence-corrected chi connectivity index (χ0v) is 10.4. The number of nitrogens with one attached hydrogen (secondary N) is 1. The molecule has 0 fully saturated rings. The maximum Gasteiger partial charge on any atom is 0.0947 e. The van der Waals surface area contributed by atoms with Gasteiger partial charge in [0.05, 0.1) is 18.1 Å². The lowest BCUT2D eigenvalue weighted by Crippen LogP contribution is -2.29. The Morgan fingerprint density at radius 3 is 2.71 bits per heavy atom. The molecule has 0 amide bonds. The number of benzene rings is 1. The van der Waals surface area contributed by atoms with Crippen LogP contribution < -0.4 is 11.3 Å². The normalized spacial score (nSPS) is 12.7. The molecule has 3 N–H and O–H groups in total. The van der Waals surface area contributed by atoms with Crippen molar-refractivity contribution in [1.29, 1.82) is 0 Å². The van der Waals surface area contributed by atoms with Crippen molar-refractivity contribution in [3.63, 3.8) is 0 Å². The Bertz CT molecular complexity index is 516. The van der Waals surface area contributed by atoms with Gasteiger partial charge in [-0.15, -0.1) is 0 Å². The van der Waals surface area contributed by atoms with Gasteiger partial charge in [-0.1, -0.05) is 18.2 Å². The quantitative estimate of drug-likeness (QED) is 0.622. The van der Waals surface area contributed by atoms with Gasteiger partial charge in [-0.3, -0.25) is 5.84 Å². The summed E-state index contributed by atoms with van der Waals surface area (Å²) in [6.07, 6.45) is 3.76. The van der Waals surface area contributed by atoms with Crippen molar-refractivity contribution in [2.24, 2.45) is 12.9 Å². The lowest BCUT2D eigenvalue weighted by atomic mass is 9.96. The number of imidazole rings is 1. The van der Waals surface area contributed by atoms with Crippen molar-refractivity contribution in [3.8, 4) is 0 Å². The first kappa shape index (κ1) is 11.8. The van der Waals surface area contributed by atoms with Gasteiger partial charge in [-0.05, 0) is 30.5 Å². The summed E-state index contributed by atoms with van der Waals surface area (Å²) in [5.74, 6) is 5.67. The highest BCUT2D eigenvalue weighted by Gasteiger charge is 2.17. The average molecular weight is 230 g/mol. The van der Waals surface area contributed by atoms with Gasteiger partial charge in [-0.2, -0.15) is 0 Å². The first-order valence-electron chi connectivity index (χ1n) is 5.63. The molecule has 0 aliphatic rings. The van der Waals surface area contributed by atoms with Crippen LogP contribution in [0.4, 0.5) is 0 Å². The molecule has 0 aliphatic heterocycles. The smallest absolute Gasteiger partial charge is 0.0947 e. The Morgan fingerprint density at radius 2 is 2.12 bits per heavy atom. The van der Waals surface area contributed by atoms with Crippen LogP contribution in [0.25, 0.3) is 0 Å². The summed E-state index contributed by atoms with van der Waals surface area (Å²) in [5, 5.41) is 0. The van der Waals surface area contributed by atoms with E-state index >= 15 is 0 Å². The van der Waals surface area contributed by atoms with Crippen LogP contribution in [0.2, 0.25) is 0 Å². The van der Waals surface area contributed by atoms with E-state index in [1.54, 1.807) is 6.33 Å². The number of nitrogens with zero attached hydrogens (tertiary/aromatic N) is 2. The van der Waals surface area contributed by atoms with Gasteiger partial charge in [0, 0.05) is 13.2 Å². The summed E-state index contributed by atoms with van der Waals surface area (Å²) in [7, 11) is 1.95. The lowest BCUT2D eigenvalue weighted by Gasteiger charge is -2.17. The zero-order chi connectivity index (χ0) is 12.4. The second-order valence-electron chi connectivity index (χ2n) is 4.35. The van der Waals surface area contributed by atoms with Crippen LogP contribution in [0, 0.1) is 13.8 Å². The number of aromatic nitrogens is 2. The van der Waals surface area contributed by atoms with Crippen LogP contribution >= 0.6 is 0 Å². The number of hydrazine groups is 1. The van der Waals surface area contributed by atoms with Crippen LogP contribution in [0.5, 0.6) is 0 Å². The van der Waals surface area contributed by atoms with Gasteiger partial charge in [0.1, 0.15) is 0 Å². The Balaban J connectivity index is 2.45. The number of hydrogen-bond donors (Lipinski definition) is 2. The fourth-order valence-corrected chi connectivity index (χ4v) is 2.00. The summed E-state index contributed by atoms with van der Waals surface area (Å²) in [6.45, 7) is 4.21. The highest BCUT2D eigenvalue weighted by atomic mass is 15.2. The Morgan fingerprint density at radius 1 is 1.35 bits per heavy atom. The minimum Gasteiger partial charge on any atom is -0.340 e. The maximum atomic E-state index is 5.67. The van der Waals surface area contributed by atoms with E-state index in [1.807, 2.05) is 23.9 Å². The second kappa shape index (κ2) is 4.69. The first-order chi connectivity index (χ1) is 8.13. The summed E-state index contributed by atoms with van der Waals surface area (Å²) in [6, 6.07) is 6.17. The summed E-state index contributed by atoms with van der Waals surface area (Å²) >= 11 is 0. The molecule has 1 aromatic carbocycles. The molecule has 90 valence electrons. The molecule has 0 saturated heterocycles. The standard InChI is InChI=1S/C13H18N4/c1-9-5-4-6-11(10(9)2)13(16-14)12-7-17(3)8-15-12/h4-8,13,16H,14H2,1-3H3. The van der Waals surface area contributed by atoms with Crippen molar-refractivity contribution in [2.75, 3.05) is 0 Å². The molecule has 0 radical (unpaired) electrons. The molecule has 4 nitrogen and oxygen atoms in total. The van der Waals surface area contributed by atoms with E-state index in [1.165, 1.54) is 16.7 Å². The van der Waals surface area contributed by atoms with Crippen LogP contribution in [0.3, 0.4) is 0 Å². The van der Waals surface area contributed by atoms with Gasteiger partial charge in [-0.25, -0.2) is 10.4 Å². The average Bonchev–Trinajstić information content (AvgIpc) is 2.72. The molecule has 0 aliphatic carbocycles.